The van der Waals surface area contributed by atoms with E-state index < -0.39 is 11.9 Å². The number of hydrogen-bond acceptors (Lipinski definition) is 3. The third-order valence-electron chi connectivity index (χ3n) is 6.32. The van der Waals surface area contributed by atoms with E-state index in [1.165, 1.54) is 0 Å². The van der Waals surface area contributed by atoms with Crippen molar-refractivity contribution in [3.05, 3.63) is 42.0 Å². The lowest BCUT2D eigenvalue weighted by molar-refractivity contribution is -0.145. The average Bonchev–Trinajstić information content (AvgIpc) is 2.68. The van der Waals surface area contributed by atoms with Crippen LogP contribution in [0.5, 0.6) is 5.75 Å². The maximum absolute atomic E-state index is 12.5. The Morgan fingerprint density at radius 2 is 1.83 bits per heavy atom. The molecule has 2 aromatic carbocycles. The number of carbonyl (C=O) groups is 2. The summed E-state index contributed by atoms with van der Waals surface area (Å²) in [4.78, 5) is 24.3. The highest BCUT2D eigenvalue weighted by molar-refractivity contribution is 5.84. The van der Waals surface area contributed by atoms with Crippen LogP contribution in [0.4, 0.5) is 0 Å². The number of phenols is 1. The molecule has 1 aliphatic rings. The number of phenolic OH excluding ortho intramolecular Hbond substituents is 1. The van der Waals surface area contributed by atoms with Crippen molar-refractivity contribution in [2.24, 2.45) is 17.8 Å². The molecule has 5 heteroatoms. The molecule has 0 bridgehead atoms. The number of carbonyl (C=O) groups excluding carboxylic acids is 1. The van der Waals surface area contributed by atoms with Crippen molar-refractivity contribution in [2.75, 3.05) is 0 Å². The molecule has 5 nitrogen and oxygen atoms in total. The first-order valence-electron chi connectivity index (χ1n) is 10.6. The first-order chi connectivity index (χ1) is 13.9. The van der Waals surface area contributed by atoms with E-state index in [1.54, 1.807) is 12.1 Å². The summed E-state index contributed by atoms with van der Waals surface area (Å²) in [7, 11) is 0. The number of carboxylic acid groups (broad SMARTS) is 1. The zero-order valence-electron chi connectivity index (χ0n) is 17.2. The quantitative estimate of drug-likeness (QED) is 0.641. The lowest BCUT2D eigenvalue weighted by Crippen LogP contribution is -2.49. The topological polar surface area (TPSA) is 86.6 Å². The minimum Gasteiger partial charge on any atom is -0.508 e. The first kappa shape index (κ1) is 21.2. The number of rotatable bonds is 7. The van der Waals surface area contributed by atoms with E-state index in [9.17, 15) is 19.8 Å². The van der Waals surface area contributed by atoms with Crippen LogP contribution in [-0.2, 0) is 16.0 Å². The molecule has 156 valence electrons. The Labute approximate surface area is 172 Å². The van der Waals surface area contributed by atoms with Crippen LogP contribution in [0.3, 0.4) is 0 Å². The monoisotopic (exact) mass is 397 g/mol. The fourth-order valence-corrected chi connectivity index (χ4v) is 4.66. The lowest BCUT2D eigenvalue weighted by atomic mass is 9.70. The third kappa shape index (κ3) is 5.28. The lowest BCUT2D eigenvalue weighted by Gasteiger charge is -2.38. The number of hydrogen-bond donors (Lipinski definition) is 3. The highest BCUT2D eigenvalue weighted by Crippen LogP contribution is 2.37. The van der Waals surface area contributed by atoms with E-state index >= 15 is 0 Å². The molecule has 0 radical (unpaired) electrons. The molecule has 0 aromatic heterocycles. The SMILES string of the molecule is CCCC1CC(C(=O)O)C(NC(=O)CCc2ccc3cc(O)ccc3c2)CC1C. The number of fused-ring (bicyclic) bond motifs is 1. The normalized spacial score (nSPS) is 24.3. The van der Waals surface area contributed by atoms with Gasteiger partial charge in [-0.15, -0.1) is 0 Å². The number of carboxylic acids is 1. The van der Waals surface area contributed by atoms with Crippen molar-refractivity contribution in [1.29, 1.82) is 0 Å². The summed E-state index contributed by atoms with van der Waals surface area (Å²) in [6.07, 6.45) is 4.41. The number of aromatic hydroxyl groups is 1. The summed E-state index contributed by atoms with van der Waals surface area (Å²) in [5.41, 5.74) is 1.05. The highest BCUT2D eigenvalue weighted by atomic mass is 16.4. The number of aliphatic carboxylic acids is 1. The number of amides is 1. The van der Waals surface area contributed by atoms with Gasteiger partial charge in [-0.3, -0.25) is 9.59 Å². The second-order valence-electron chi connectivity index (χ2n) is 8.48. The molecule has 1 aliphatic carbocycles. The maximum atomic E-state index is 12.5. The van der Waals surface area contributed by atoms with Crippen LogP contribution in [0, 0.1) is 17.8 Å². The van der Waals surface area contributed by atoms with E-state index in [1.807, 2.05) is 24.3 Å². The molecule has 3 rings (SSSR count). The molecule has 0 spiro atoms. The van der Waals surface area contributed by atoms with Gasteiger partial charge < -0.3 is 15.5 Å². The predicted octanol–water partition coefficient (Wildman–Crippen LogP) is 4.51. The van der Waals surface area contributed by atoms with Gasteiger partial charge in [-0.25, -0.2) is 0 Å². The second kappa shape index (κ2) is 9.29. The Morgan fingerprint density at radius 3 is 2.55 bits per heavy atom. The van der Waals surface area contributed by atoms with Crippen molar-refractivity contribution in [1.82, 2.24) is 5.32 Å². The van der Waals surface area contributed by atoms with Crippen LogP contribution in [0.25, 0.3) is 10.8 Å². The fourth-order valence-electron chi connectivity index (χ4n) is 4.66. The van der Waals surface area contributed by atoms with Crippen LogP contribution < -0.4 is 5.32 Å². The van der Waals surface area contributed by atoms with E-state index in [4.69, 9.17) is 0 Å². The molecule has 4 unspecified atom stereocenters. The number of nitrogens with one attached hydrogen (secondary N) is 1. The van der Waals surface area contributed by atoms with Gasteiger partial charge in [0.05, 0.1) is 5.92 Å². The summed E-state index contributed by atoms with van der Waals surface area (Å²) in [6.45, 7) is 4.30. The second-order valence-corrected chi connectivity index (χ2v) is 8.48. The maximum Gasteiger partial charge on any atom is 0.308 e. The number of aryl methyl sites for hydroxylation is 1. The van der Waals surface area contributed by atoms with Crippen LogP contribution >= 0.6 is 0 Å². The van der Waals surface area contributed by atoms with Gasteiger partial charge in [0.15, 0.2) is 0 Å². The summed E-state index contributed by atoms with van der Waals surface area (Å²) in [6, 6.07) is 10.9. The van der Waals surface area contributed by atoms with Gasteiger partial charge >= 0.3 is 5.97 Å². The Kier molecular flexibility index (Phi) is 6.78. The van der Waals surface area contributed by atoms with E-state index in [0.717, 1.165) is 35.6 Å². The molecule has 1 fully saturated rings. The van der Waals surface area contributed by atoms with Crippen LogP contribution in [0.15, 0.2) is 36.4 Å². The molecule has 0 saturated heterocycles. The van der Waals surface area contributed by atoms with Gasteiger partial charge in [-0.2, -0.15) is 0 Å². The molecular formula is C24H31NO4. The summed E-state index contributed by atoms with van der Waals surface area (Å²) >= 11 is 0. The van der Waals surface area contributed by atoms with Crippen molar-refractivity contribution in [3.8, 4) is 5.75 Å². The molecule has 29 heavy (non-hydrogen) atoms. The van der Waals surface area contributed by atoms with Crippen molar-refractivity contribution in [3.63, 3.8) is 0 Å². The van der Waals surface area contributed by atoms with Crippen molar-refractivity contribution >= 4 is 22.6 Å². The number of benzene rings is 2. The van der Waals surface area contributed by atoms with E-state index in [2.05, 4.69) is 19.2 Å². The molecule has 1 saturated carbocycles. The van der Waals surface area contributed by atoms with E-state index in [0.29, 0.717) is 31.1 Å². The van der Waals surface area contributed by atoms with Crippen molar-refractivity contribution in [2.45, 2.75) is 58.4 Å². The zero-order valence-corrected chi connectivity index (χ0v) is 17.2. The summed E-state index contributed by atoms with van der Waals surface area (Å²) in [5.74, 6) is -0.311. The van der Waals surface area contributed by atoms with Gasteiger partial charge in [0.1, 0.15) is 5.75 Å². The highest BCUT2D eigenvalue weighted by Gasteiger charge is 2.39. The minimum atomic E-state index is -0.805. The van der Waals surface area contributed by atoms with Gasteiger partial charge in [0.2, 0.25) is 5.91 Å². The Hall–Kier alpha value is -2.56. The minimum absolute atomic E-state index is 0.0896. The van der Waals surface area contributed by atoms with Crippen LogP contribution in [-0.4, -0.2) is 28.1 Å². The Morgan fingerprint density at radius 1 is 1.10 bits per heavy atom. The average molecular weight is 398 g/mol. The van der Waals surface area contributed by atoms with Gasteiger partial charge in [-0.1, -0.05) is 51.0 Å². The predicted molar refractivity (Wildman–Crippen MR) is 114 cm³/mol. The fraction of sp³-hybridized carbons (Fsp3) is 0.500. The molecule has 0 heterocycles. The smallest absolute Gasteiger partial charge is 0.308 e. The van der Waals surface area contributed by atoms with Gasteiger partial charge in [-0.05, 0) is 59.6 Å². The summed E-state index contributed by atoms with van der Waals surface area (Å²) in [5, 5.41) is 24.2. The van der Waals surface area contributed by atoms with Gasteiger partial charge in [0.25, 0.3) is 0 Å². The van der Waals surface area contributed by atoms with Crippen LogP contribution in [0.1, 0.15) is 51.5 Å². The van der Waals surface area contributed by atoms with Crippen LogP contribution in [0.2, 0.25) is 0 Å². The molecule has 2 aromatic rings. The standard InChI is InChI=1S/C24H31NO4/c1-3-4-17-14-21(24(28)29)22(11-15(17)2)25-23(27)10-6-16-5-7-19-13-20(26)9-8-18(19)12-16/h5,7-9,12-13,15,17,21-22,26H,3-4,6,10-11,14H2,1-2H3,(H,25,27)(H,28,29). The van der Waals surface area contributed by atoms with Gasteiger partial charge in [0, 0.05) is 12.5 Å². The van der Waals surface area contributed by atoms with E-state index in [-0.39, 0.29) is 17.7 Å². The summed E-state index contributed by atoms with van der Waals surface area (Å²) < 4.78 is 0. The molecule has 0 aliphatic heterocycles. The molecular weight excluding hydrogens is 366 g/mol. The Balaban J connectivity index is 1.59. The molecule has 1 amide bonds. The molecule has 4 atom stereocenters. The van der Waals surface area contributed by atoms with Crippen molar-refractivity contribution < 1.29 is 19.8 Å². The zero-order chi connectivity index (χ0) is 21.0. The first-order valence-corrected chi connectivity index (χ1v) is 10.6. The largest absolute Gasteiger partial charge is 0.508 e. The molecule has 3 N–H and O–H groups in total. The Bertz CT molecular complexity index is 878. The third-order valence-corrected chi connectivity index (χ3v) is 6.32.